The standard InChI is InChI=1S/C16H11ClN2O/c17-11-5-3-7-13-15(11)16-10(8-14(20)18-13)9-4-1-2-6-12(9)19-16/h1-7,19H,8H2,(H,18,20). The van der Waals surface area contributed by atoms with Gasteiger partial charge < -0.3 is 10.3 Å². The van der Waals surface area contributed by atoms with Crippen LogP contribution in [0, 0.1) is 0 Å². The molecule has 2 heterocycles. The van der Waals surface area contributed by atoms with Gasteiger partial charge in [0, 0.05) is 16.5 Å². The molecule has 4 rings (SSSR count). The number of para-hydroxylation sites is 1. The van der Waals surface area contributed by atoms with Gasteiger partial charge in [0.2, 0.25) is 5.91 Å². The minimum Gasteiger partial charge on any atom is -0.354 e. The summed E-state index contributed by atoms with van der Waals surface area (Å²) in [6.45, 7) is 0. The number of rotatable bonds is 0. The van der Waals surface area contributed by atoms with E-state index in [0.717, 1.165) is 33.4 Å². The quantitative estimate of drug-likeness (QED) is 0.643. The van der Waals surface area contributed by atoms with Gasteiger partial charge in [-0.1, -0.05) is 35.9 Å². The third-order valence-electron chi connectivity index (χ3n) is 3.69. The molecule has 0 spiro atoms. The van der Waals surface area contributed by atoms with Crippen molar-refractivity contribution in [3.05, 3.63) is 53.1 Å². The summed E-state index contributed by atoms with van der Waals surface area (Å²) in [5.41, 5.74) is 4.59. The van der Waals surface area contributed by atoms with Crippen molar-refractivity contribution < 1.29 is 4.79 Å². The van der Waals surface area contributed by atoms with Crippen molar-refractivity contribution in [2.75, 3.05) is 5.32 Å². The van der Waals surface area contributed by atoms with Crippen molar-refractivity contribution in [1.29, 1.82) is 0 Å². The zero-order valence-corrected chi connectivity index (χ0v) is 11.3. The molecule has 98 valence electrons. The molecule has 1 aliphatic heterocycles. The molecule has 0 unspecified atom stereocenters. The van der Waals surface area contributed by atoms with Crippen LogP contribution in [-0.4, -0.2) is 10.9 Å². The molecule has 2 N–H and O–H groups in total. The van der Waals surface area contributed by atoms with Crippen molar-refractivity contribution >= 4 is 34.1 Å². The van der Waals surface area contributed by atoms with Gasteiger partial charge in [-0.05, 0) is 23.8 Å². The fourth-order valence-corrected chi connectivity index (χ4v) is 3.10. The van der Waals surface area contributed by atoms with Gasteiger partial charge in [-0.2, -0.15) is 0 Å². The highest BCUT2D eigenvalue weighted by molar-refractivity contribution is 6.34. The predicted molar refractivity (Wildman–Crippen MR) is 81.1 cm³/mol. The van der Waals surface area contributed by atoms with E-state index < -0.39 is 0 Å². The van der Waals surface area contributed by atoms with E-state index in [2.05, 4.69) is 10.3 Å². The Morgan fingerprint density at radius 2 is 1.90 bits per heavy atom. The maximum atomic E-state index is 12.1. The second-order valence-electron chi connectivity index (χ2n) is 4.91. The van der Waals surface area contributed by atoms with Gasteiger partial charge in [-0.3, -0.25) is 4.79 Å². The largest absolute Gasteiger partial charge is 0.354 e. The van der Waals surface area contributed by atoms with Crippen LogP contribution in [0.3, 0.4) is 0 Å². The first-order chi connectivity index (χ1) is 9.74. The molecule has 0 atom stereocenters. The summed E-state index contributed by atoms with van der Waals surface area (Å²) in [6.07, 6.45) is 0.352. The topological polar surface area (TPSA) is 44.9 Å². The monoisotopic (exact) mass is 282 g/mol. The third kappa shape index (κ3) is 1.57. The molecule has 0 bridgehead atoms. The average molecular weight is 283 g/mol. The molecule has 2 aromatic carbocycles. The lowest BCUT2D eigenvalue weighted by atomic mass is 10.0. The van der Waals surface area contributed by atoms with Gasteiger partial charge in [0.25, 0.3) is 0 Å². The number of H-pyrrole nitrogens is 1. The number of halogens is 1. The molecule has 3 aromatic rings. The van der Waals surface area contributed by atoms with Gasteiger partial charge in [-0.15, -0.1) is 0 Å². The zero-order valence-electron chi connectivity index (χ0n) is 10.5. The summed E-state index contributed by atoms with van der Waals surface area (Å²) < 4.78 is 0. The molecule has 20 heavy (non-hydrogen) atoms. The number of carbonyl (C=O) groups excluding carboxylic acids is 1. The van der Waals surface area contributed by atoms with Crippen molar-refractivity contribution in [2.45, 2.75) is 6.42 Å². The van der Waals surface area contributed by atoms with Crippen LogP contribution in [0.15, 0.2) is 42.5 Å². The minimum atomic E-state index is -0.0166. The van der Waals surface area contributed by atoms with Gasteiger partial charge in [0.1, 0.15) is 0 Å². The lowest BCUT2D eigenvalue weighted by Gasteiger charge is -2.08. The first-order valence-corrected chi connectivity index (χ1v) is 6.80. The Morgan fingerprint density at radius 3 is 2.80 bits per heavy atom. The Bertz CT molecular complexity index is 851. The number of fused-ring (bicyclic) bond motifs is 5. The summed E-state index contributed by atoms with van der Waals surface area (Å²) in [5.74, 6) is -0.0166. The van der Waals surface area contributed by atoms with Crippen molar-refractivity contribution in [3.8, 4) is 11.3 Å². The summed E-state index contributed by atoms with van der Waals surface area (Å²) in [7, 11) is 0. The maximum absolute atomic E-state index is 12.1. The van der Waals surface area contributed by atoms with Crippen LogP contribution < -0.4 is 5.32 Å². The zero-order chi connectivity index (χ0) is 13.7. The summed E-state index contributed by atoms with van der Waals surface area (Å²) in [6, 6.07) is 13.6. The van der Waals surface area contributed by atoms with Crippen LogP contribution in [0.5, 0.6) is 0 Å². The molecule has 0 saturated heterocycles. The van der Waals surface area contributed by atoms with Gasteiger partial charge in [0.15, 0.2) is 0 Å². The first-order valence-electron chi connectivity index (χ1n) is 6.42. The third-order valence-corrected chi connectivity index (χ3v) is 4.00. The number of anilines is 1. The van der Waals surface area contributed by atoms with Crippen LogP contribution in [0.2, 0.25) is 5.02 Å². The molecular formula is C16H11ClN2O. The normalized spacial score (nSPS) is 13.6. The molecule has 1 aliphatic rings. The molecule has 1 amide bonds. The summed E-state index contributed by atoms with van der Waals surface area (Å²) in [5, 5.41) is 4.63. The van der Waals surface area contributed by atoms with Gasteiger partial charge in [0.05, 0.1) is 22.8 Å². The molecular weight excluding hydrogens is 272 g/mol. The molecule has 0 aliphatic carbocycles. The van der Waals surface area contributed by atoms with E-state index in [0.29, 0.717) is 11.4 Å². The number of hydrogen-bond acceptors (Lipinski definition) is 1. The van der Waals surface area contributed by atoms with Crippen LogP contribution in [-0.2, 0) is 11.2 Å². The smallest absolute Gasteiger partial charge is 0.228 e. The molecule has 1 aromatic heterocycles. The van der Waals surface area contributed by atoms with E-state index >= 15 is 0 Å². The Morgan fingerprint density at radius 1 is 1.05 bits per heavy atom. The van der Waals surface area contributed by atoms with Crippen molar-refractivity contribution in [3.63, 3.8) is 0 Å². The summed E-state index contributed by atoms with van der Waals surface area (Å²) in [4.78, 5) is 15.5. The number of nitrogens with one attached hydrogen (secondary N) is 2. The fraction of sp³-hybridized carbons (Fsp3) is 0.0625. The fourth-order valence-electron chi connectivity index (χ4n) is 2.83. The van der Waals surface area contributed by atoms with Crippen LogP contribution >= 0.6 is 11.6 Å². The number of benzene rings is 2. The first kappa shape index (κ1) is 11.6. The van der Waals surface area contributed by atoms with Crippen LogP contribution in [0.1, 0.15) is 5.56 Å². The minimum absolute atomic E-state index is 0.0166. The highest BCUT2D eigenvalue weighted by atomic mass is 35.5. The maximum Gasteiger partial charge on any atom is 0.228 e. The van der Waals surface area contributed by atoms with E-state index in [1.807, 2.05) is 42.5 Å². The average Bonchev–Trinajstić information content (AvgIpc) is 2.70. The molecule has 3 nitrogen and oxygen atoms in total. The number of aromatic amines is 1. The van der Waals surface area contributed by atoms with Crippen molar-refractivity contribution in [2.24, 2.45) is 0 Å². The van der Waals surface area contributed by atoms with E-state index in [9.17, 15) is 4.79 Å². The van der Waals surface area contributed by atoms with E-state index in [4.69, 9.17) is 11.6 Å². The van der Waals surface area contributed by atoms with Crippen LogP contribution in [0.25, 0.3) is 22.2 Å². The van der Waals surface area contributed by atoms with E-state index in [-0.39, 0.29) is 5.91 Å². The summed E-state index contributed by atoms with van der Waals surface area (Å²) >= 11 is 6.35. The number of amides is 1. The molecule has 0 saturated carbocycles. The van der Waals surface area contributed by atoms with Crippen LogP contribution in [0.4, 0.5) is 5.69 Å². The Kier molecular flexibility index (Phi) is 2.38. The number of aromatic nitrogens is 1. The molecule has 4 heteroatoms. The Hall–Kier alpha value is -2.26. The molecule has 0 radical (unpaired) electrons. The Balaban J connectivity index is 2.14. The van der Waals surface area contributed by atoms with Gasteiger partial charge in [-0.25, -0.2) is 0 Å². The second-order valence-corrected chi connectivity index (χ2v) is 5.32. The van der Waals surface area contributed by atoms with Gasteiger partial charge >= 0.3 is 0 Å². The van der Waals surface area contributed by atoms with E-state index in [1.165, 1.54) is 0 Å². The predicted octanol–water partition coefficient (Wildman–Crippen LogP) is 3.98. The second kappa shape index (κ2) is 4.12. The van der Waals surface area contributed by atoms with Crippen molar-refractivity contribution in [1.82, 2.24) is 4.98 Å². The number of hydrogen-bond donors (Lipinski definition) is 2. The highest BCUT2D eigenvalue weighted by Gasteiger charge is 2.24. The SMILES string of the molecule is O=C1Cc2c([nH]c3ccccc23)-c2c(Cl)cccc2N1. The van der Waals surface area contributed by atoms with E-state index in [1.54, 1.807) is 0 Å². The Labute approximate surface area is 120 Å². The lowest BCUT2D eigenvalue weighted by molar-refractivity contribution is -0.115. The number of carbonyl (C=O) groups is 1. The lowest BCUT2D eigenvalue weighted by Crippen LogP contribution is -2.12. The highest BCUT2D eigenvalue weighted by Crippen LogP contribution is 2.41. The molecule has 0 fully saturated rings.